The van der Waals surface area contributed by atoms with Crippen LogP contribution in [0.3, 0.4) is 0 Å². The van der Waals surface area contributed by atoms with Crippen molar-refractivity contribution in [3.8, 4) is 5.75 Å². The average Bonchev–Trinajstić information content (AvgIpc) is 2.67. The van der Waals surface area contributed by atoms with Gasteiger partial charge in [0.2, 0.25) is 0 Å². The zero-order valence-corrected chi connectivity index (χ0v) is 16.3. The minimum Gasteiger partial charge on any atom is -0.497 e. The van der Waals surface area contributed by atoms with E-state index in [9.17, 15) is 18.3 Å². The summed E-state index contributed by atoms with van der Waals surface area (Å²) in [6.07, 6.45) is -0.711. The summed E-state index contributed by atoms with van der Waals surface area (Å²) in [4.78, 5) is 17.6. The molecule has 0 spiro atoms. The summed E-state index contributed by atoms with van der Waals surface area (Å²) >= 11 is 0. The summed E-state index contributed by atoms with van der Waals surface area (Å²) in [7, 11) is -2.45. The molecule has 2 aromatic carbocycles. The fraction of sp³-hybridized carbons (Fsp3) is 0.350. The molecule has 3 rings (SSSR count). The highest BCUT2D eigenvalue weighted by atomic mass is 32.2. The monoisotopic (exact) mass is 405 g/mol. The van der Waals surface area contributed by atoms with Crippen molar-refractivity contribution >= 4 is 15.7 Å². The fourth-order valence-electron chi connectivity index (χ4n) is 3.26. The van der Waals surface area contributed by atoms with Crippen LogP contribution in [0.2, 0.25) is 0 Å². The molecule has 1 amide bonds. The lowest BCUT2D eigenvalue weighted by Gasteiger charge is -2.43. The van der Waals surface area contributed by atoms with Gasteiger partial charge < -0.3 is 9.84 Å². The molecule has 0 heterocycles. The first-order chi connectivity index (χ1) is 13.4. The first-order valence-electron chi connectivity index (χ1n) is 8.93. The Morgan fingerprint density at radius 2 is 1.79 bits per heavy atom. The predicted molar refractivity (Wildman–Crippen MR) is 102 cm³/mol. The van der Waals surface area contributed by atoms with Crippen molar-refractivity contribution in [3.05, 3.63) is 60.2 Å². The lowest BCUT2D eigenvalue weighted by Crippen LogP contribution is -2.59. The Morgan fingerprint density at radius 1 is 1.14 bits per heavy atom. The minimum atomic E-state index is -3.93. The zero-order chi connectivity index (χ0) is 20.2. The highest BCUT2D eigenvalue weighted by molar-refractivity contribution is 7.93. The molecular formula is C20H23NO6S. The number of aliphatic hydroxyl groups excluding tert-OH is 1. The molecule has 7 nitrogen and oxygen atoms in total. The molecule has 0 aliphatic heterocycles. The molecule has 1 saturated carbocycles. The molecule has 28 heavy (non-hydrogen) atoms. The van der Waals surface area contributed by atoms with Crippen molar-refractivity contribution in [2.45, 2.75) is 41.6 Å². The van der Waals surface area contributed by atoms with Crippen molar-refractivity contribution in [1.29, 1.82) is 0 Å². The normalized spacial score (nSPS) is 16.6. The number of ether oxygens (including phenoxy) is 1. The highest BCUT2D eigenvalue weighted by Crippen LogP contribution is 2.45. The van der Waals surface area contributed by atoms with Gasteiger partial charge in [-0.3, -0.25) is 9.63 Å². The number of aliphatic hydroxyl groups is 1. The number of nitrogens with one attached hydrogen (secondary N) is 1. The van der Waals surface area contributed by atoms with Crippen molar-refractivity contribution in [3.63, 3.8) is 0 Å². The molecule has 1 unspecified atom stereocenters. The van der Waals surface area contributed by atoms with Crippen molar-refractivity contribution in [2.24, 2.45) is 0 Å². The van der Waals surface area contributed by atoms with Crippen molar-refractivity contribution < 1.29 is 27.9 Å². The molecule has 2 N–H and O–H groups in total. The highest BCUT2D eigenvalue weighted by Gasteiger charge is 2.57. The zero-order valence-electron chi connectivity index (χ0n) is 15.5. The van der Waals surface area contributed by atoms with E-state index in [4.69, 9.17) is 9.57 Å². The van der Waals surface area contributed by atoms with E-state index in [-0.39, 0.29) is 24.3 Å². The van der Waals surface area contributed by atoms with E-state index in [0.29, 0.717) is 12.2 Å². The second-order valence-corrected chi connectivity index (χ2v) is 9.03. The van der Waals surface area contributed by atoms with Gasteiger partial charge in [-0.1, -0.05) is 36.8 Å². The van der Waals surface area contributed by atoms with Crippen LogP contribution in [-0.2, 0) is 26.1 Å². The SMILES string of the molecule is COc1ccc(S(=O)(=O)C2(C(O)C(=O)NOCc3ccccc3)CCC2)cc1. The van der Waals surface area contributed by atoms with E-state index < -0.39 is 26.6 Å². The number of sulfone groups is 1. The van der Waals surface area contributed by atoms with Gasteiger partial charge in [-0.2, -0.15) is 0 Å². The maximum atomic E-state index is 13.2. The number of carbonyl (C=O) groups excluding carboxylic acids is 1. The van der Waals surface area contributed by atoms with Gasteiger partial charge in [-0.05, 0) is 42.7 Å². The van der Waals surface area contributed by atoms with Crippen molar-refractivity contribution in [1.82, 2.24) is 5.48 Å². The Morgan fingerprint density at radius 3 is 2.32 bits per heavy atom. The van der Waals surface area contributed by atoms with Crippen LogP contribution in [0.5, 0.6) is 5.75 Å². The van der Waals surface area contributed by atoms with Crippen LogP contribution in [0.4, 0.5) is 0 Å². The lowest BCUT2D eigenvalue weighted by molar-refractivity contribution is -0.146. The second kappa shape index (κ2) is 8.30. The summed E-state index contributed by atoms with van der Waals surface area (Å²) < 4.78 is 29.8. The molecule has 1 atom stereocenters. The first-order valence-corrected chi connectivity index (χ1v) is 10.4. The van der Waals surface area contributed by atoms with E-state index in [1.54, 1.807) is 0 Å². The molecule has 8 heteroatoms. The van der Waals surface area contributed by atoms with Gasteiger partial charge in [0.15, 0.2) is 15.9 Å². The maximum absolute atomic E-state index is 13.2. The van der Waals surface area contributed by atoms with Crippen molar-refractivity contribution in [2.75, 3.05) is 7.11 Å². The molecule has 0 bridgehead atoms. The average molecular weight is 405 g/mol. The van der Waals surface area contributed by atoms with Gasteiger partial charge >= 0.3 is 0 Å². The third-order valence-corrected chi connectivity index (χ3v) is 7.70. The van der Waals surface area contributed by atoms with Crippen LogP contribution in [0.1, 0.15) is 24.8 Å². The Hall–Kier alpha value is -2.42. The minimum absolute atomic E-state index is 0.0463. The topological polar surface area (TPSA) is 102 Å². The number of hydroxylamine groups is 1. The Bertz CT molecular complexity index is 907. The molecule has 1 aliphatic carbocycles. The quantitative estimate of drug-likeness (QED) is 0.652. The van der Waals surface area contributed by atoms with Gasteiger partial charge in [0.05, 0.1) is 18.6 Å². The number of hydrogen-bond acceptors (Lipinski definition) is 6. The van der Waals surface area contributed by atoms with Gasteiger partial charge in [0.1, 0.15) is 10.5 Å². The van der Waals surface area contributed by atoms with E-state index in [0.717, 1.165) is 5.56 Å². The predicted octanol–water partition coefficient (Wildman–Crippen LogP) is 2.00. The van der Waals surface area contributed by atoms with Gasteiger partial charge in [-0.25, -0.2) is 13.9 Å². The molecule has 0 radical (unpaired) electrons. The van der Waals surface area contributed by atoms with E-state index in [2.05, 4.69) is 5.48 Å². The Labute approximate surface area is 164 Å². The Balaban J connectivity index is 1.71. The van der Waals surface area contributed by atoms with E-state index in [1.165, 1.54) is 31.4 Å². The number of hydrogen-bond donors (Lipinski definition) is 2. The van der Waals surface area contributed by atoms with Crippen LogP contribution in [-0.4, -0.2) is 37.4 Å². The smallest absolute Gasteiger partial charge is 0.274 e. The van der Waals surface area contributed by atoms with Gasteiger partial charge in [0.25, 0.3) is 5.91 Å². The number of amides is 1. The molecule has 1 aliphatic rings. The van der Waals surface area contributed by atoms with Crippen LogP contribution in [0.15, 0.2) is 59.5 Å². The van der Waals surface area contributed by atoms with E-state index in [1.807, 2.05) is 30.3 Å². The summed E-state index contributed by atoms with van der Waals surface area (Å²) in [5.41, 5.74) is 3.01. The molecule has 1 fully saturated rings. The van der Waals surface area contributed by atoms with E-state index >= 15 is 0 Å². The lowest BCUT2D eigenvalue weighted by atomic mass is 9.79. The molecule has 0 saturated heterocycles. The Kier molecular flexibility index (Phi) is 6.02. The first kappa shape index (κ1) is 20.3. The summed E-state index contributed by atoms with van der Waals surface area (Å²) in [5, 5.41) is 10.6. The van der Waals surface area contributed by atoms with Crippen LogP contribution >= 0.6 is 0 Å². The number of rotatable bonds is 8. The summed E-state index contributed by atoms with van der Waals surface area (Å²) in [5.74, 6) is -0.345. The summed E-state index contributed by atoms with van der Waals surface area (Å²) in [6, 6.07) is 15.1. The molecule has 2 aromatic rings. The molecule has 150 valence electrons. The number of carbonyl (C=O) groups is 1. The largest absolute Gasteiger partial charge is 0.497 e. The van der Waals surface area contributed by atoms with Gasteiger partial charge in [0, 0.05) is 0 Å². The van der Waals surface area contributed by atoms with Crippen LogP contribution in [0, 0.1) is 0 Å². The van der Waals surface area contributed by atoms with Crippen LogP contribution < -0.4 is 10.2 Å². The fourth-order valence-corrected chi connectivity index (χ4v) is 5.45. The van der Waals surface area contributed by atoms with Crippen LogP contribution in [0.25, 0.3) is 0 Å². The van der Waals surface area contributed by atoms with Gasteiger partial charge in [-0.15, -0.1) is 0 Å². The second-order valence-electron chi connectivity index (χ2n) is 6.74. The number of benzene rings is 2. The third kappa shape index (κ3) is 3.76. The molecule has 0 aromatic heterocycles. The molecular weight excluding hydrogens is 382 g/mol. The number of methoxy groups -OCH3 is 1. The standard InChI is InChI=1S/C20H23NO6S/c1-26-16-8-10-17(11-9-16)28(24,25)20(12-5-13-20)18(22)19(23)21-27-14-15-6-3-2-4-7-15/h2-4,6-11,18,22H,5,12-14H2,1H3,(H,21,23). The maximum Gasteiger partial charge on any atom is 0.274 e. The summed E-state index contributed by atoms with van der Waals surface area (Å²) in [6.45, 7) is 0.109. The third-order valence-electron chi connectivity index (χ3n) is 5.11.